The first-order valence-corrected chi connectivity index (χ1v) is 12.8. The molecular formula is C23H29ClN4O3S. The molecule has 2 aliphatic rings. The Morgan fingerprint density at radius 2 is 1.66 bits per heavy atom. The van der Waals surface area contributed by atoms with E-state index in [-0.39, 0.29) is 11.8 Å². The Kier molecular flexibility index (Phi) is 6.74. The molecule has 32 heavy (non-hydrogen) atoms. The highest BCUT2D eigenvalue weighted by atomic mass is 35.5. The topological polar surface area (TPSA) is 73.8 Å². The number of pyridine rings is 1. The summed E-state index contributed by atoms with van der Waals surface area (Å²) in [4.78, 5) is 21.7. The van der Waals surface area contributed by atoms with E-state index in [0.29, 0.717) is 36.1 Å². The number of nitrogens with zero attached hydrogens (tertiary/aromatic N) is 4. The Hall–Kier alpha value is -2.16. The lowest BCUT2D eigenvalue weighted by Gasteiger charge is -2.38. The molecule has 1 aromatic heterocycles. The van der Waals surface area contributed by atoms with Crippen LogP contribution in [0, 0.1) is 19.8 Å². The molecule has 2 fully saturated rings. The molecule has 172 valence electrons. The molecule has 2 aromatic rings. The highest BCUT2D eigenvalue weighted by molar-refractivity contribution is 7.89. The minimum atomic E-state index is -3.54. The zero-order chi connectivity index (χ0) is 22.9. The third-order valence-electron chi connectivity index (χ3n) is 6.55. The van der Waals surface area contributed by atoms with Gasteiger partial charge in [0.1, 0.15) is 5.82 Å². The van der Waals surface area contributed by atoms with Gasteiger partial charge in [-0.1, -0.05) is 17.7 Å². The summed E-state index contributed by atoms with van der Waals surface area (Å²) in [6.45, 7) is 6.94. The number of aromatic nitrogens is 1. The Bertz CT molecular complexity index is 1070. The number of piperidine rings is 1. The van der Waals surface area contributed by atoms with E-state index in [2.05, 4.69) is 9.88 Å². The minimum absolute atomic E-state index is 0.0264. The van der Waals surface area contributed by atoms with Crippen molar-refractivity contribution in [3.8, 4) is 0 Å². The van der Waals surface area contributed by atoms with Gasteiger partial charge in [0.05, 0.1) is 9.92 Å². The molecule has 1 amide bonds. The SMILES string of the molecule is Cc1ccc(S(=O)(=O)N2CCN(C(=O)C3CCN(c4ccc(Cl)cn4)CC3)CC2)cc1C. The van der Waals surface area contributed by atoms with Crippen LogP contribution in [0.3, 0.4) is 0 Å². The fourth-order valence-corrected chi connectivity index (χ4v) is 5.96. The molecule has 2 saturated heterocycles. The number of aryl methyl sites for hydroxylation is 2. The van der Waals surface area contributed by atoms with Crippen molar-refractivity contribution in [3.63, 3.8) is 0 Å². The van der Waals surface area contributed by atoms with E-state index in [0.717, 1.165) is 42.9 Å². The van der Waals surface area contributed by atoms with Crippen LogP contribution in [0.1, 0.15) is 24.0 Å². The van der Waals surface area contributed by atoms with E-state index in [4.69, 9.17) is 11.6 Å². The quantitative estimate of drug-likeness (QED) is 0.677. The van der Waals surface area contributed by atoms with Gasteiger partial charge in [0.15, 0.2) is 0 Å². The van der Waals surface area contributed by atoms with Gasteiger partial charge >= 0.3 is 0 Å². The lowest BCUT2D eigenvalue weighted by atomic mass is 9.95. The number of halogens is 1. The summed E-state index contributed by atoms with van der Waals surface area (Å²) >= 11 is 5.92. The molecular weight excluding hydrogens is 448 g/mol. The summed E-state index contributed by atoms with van der Waals surface area (Å²) in [5.74, 6) is 0.990. The molecule has 1 aromatic carbocycles. The van der Waals surface area contributed by atoms with Gasteiger partial charge in [-0.05, 0) is 62.1 Å². The normalized spacial score (nSPS) is 18.7. The lowest BCUT2D eigenvalue weighted by molar-refractivity contribution is -0.137. The summed E-state index contributed by atoms with van der Waals surface area (Å²) in [7, 11) is -3.54. The number of sulfonamides is 1. The molecule has 0 radical (unpaired) electrons. The van der Waals surface area contributed by atoms with Crippen LogP contribution < -0.4 is 4.90 Å². The van der Waals surface area contributed by atoms with Crippen LogP contribution in [0.4, 0.5) is 5.82 Å². The molecule has 0 spiro atoms. The summed E-state index contributed by atoms with van der Waals surface area (Å²) in [6.07, 6.45) is 3.17. The number of piperazine rings is 1. The second-order valence-corrected chi connectivity index (χ2v) is 10.9. The van der Waals surface area contributed by atoms with Crippen molar-refractivity contribution >= 4 is 33.3 Å². The predicted molar refractivity (Wildman–Crippen MR) is 125 cm³/mol. The van der Waals surface area contributed by atoms with Gasteiger partial charge in [-0.2, -0.15) is 4.31 Å². The van der Waals surface area contributed by atoms with E-state index in [1.165, 1.54) is 4.31 Å². The standard InChI is InChI=1S/C23H29ClN4O3S/c1-17-3-5-21(15-18(17)2)32(30,31)28-13-11-27(12-14-28)23(29)19-7-9-26(10-8-19)22-6-4-20(24)16-25-22/h3-6,15-16,19H,7-14H2,1-2H3. The van der Waals surface area contributed by atoms with Crippen LogP contribution in [0.2, 0.25) is 5.02 Å². The largest absolute Gasteiger partial charge is 0.357 e. The molecule has 0 saturated carbocycles. The van der Waals surface area contributed by atoms with Crippen molar-refractivity contribution in [2.24, 2.45) is 5.92 Å². The maximum absolute atomic E-state index is 13.1. The van der Waals surface area contributed by atoms with Crippen molar-refractivity contribution in [3.05, 3.63) is 52.7 Å². The van der Waals surface area contributed by atoms with Crippen LogP contribution in [0.25, 0.3) is 0 Å². The van der Waals surface area contributed by atoms with Crippen LogP contribution in [0.5, 0.6) is 0 Å². The van der Waals surface area contributed by atoms with Crippen LogP contribution >= 0.6 is 11.6 Å². The van der Waals surface area contributed by atoms with E-state index < -0.39 is 10.0 Å². The van der Waals surface area contributed by atoms with E-state index in [1.54, 1.807) is 18.3 Å². The van der Waals surface area contributed by atoms with Crippen molar-refractivity contribution in [1.29, 1.82) is 0 Å². The van der Waals surface area contributed by atoms with E-state index in [9.17, 15) is 13.2 Å². The Morgan fingerprint density at radius 3 is 2.25 bits per heavy atom. The third-order valence-corrected chi connectivity index (χ3v) is 8.66. The lowest BCUT2D eigenvalue weighted by Crippen LogP contribution is -2.52. The van der Waals surface area contributed by atoms with Crippen LogP contribution in [-0.2, 0) is 14.8 Å². The number of carbonyl (C=O) groups is 1. The number of anilines is 1. The fraction of sp³-hybridized carbons (Fsp3) is 0.478. The maximum Gasteiger partial charge on any atom is 0.243 e. The first-order chi connectivity index (χ1) is 15.3. The van der Waals surface area contributed by atoms with Crippen LogP contribution in [0.15, 0.2) is 41.4 Å². The van der Waals surface area contributed by atoms with Crippen molar-refractivity contribution in [2.75, 3.05) is 44.2 Å². The molecule has 9 heteroatoms. The number of benzene rings is 1. The van der Waals surface area contributed by atoms with Gasteiger partial charge in [0, 0.05) is 51.4 Å². The smallest absolute Gasteiger partial charge is 0.243 e. The maximum atomic E-state index is 13.1. The molecule has 7 nitrogen and oxygen atoms in total. The molecule has 0 aliphatic carbocycles. The highest BCUT2D eigenvalue weighted by Crippen LogP contribution is 2.26. The molecule has 4 rings (SSSR count). The molecule has 0 N–H and O–H groups in total. The number of hydrogen-bond acceptors (Lipinski definition) is 5. The molecule has 0 bridgehead atoms. The van der Waals surface area contributed by atoms with Gasteiger partial charge in [0.2, 0.25) is 15.9 Å². The second kappa shape index (κ2) is 9.37. The van der Waals surface area contributed by atoms with Gasteiger partial charge in [-0.25, -0.2) is 13.4 Å². The zero-order valence-electron chi connectivity index (χ0n) is 18.5. The third kappa shape index (κ3) is 4.77. The number of rotatable bonds is 4. The second-order valence-electron chi connectivity index (χ2n) is 8.57. The number of hydrogen-bond donors (Lipinski definition) is 0. The summed E-state index contributed by atoms with van der Waals surface area (Å²) in [5.41, 5.74) is 2.03. The fourth-order valence-electron chi connectivity index (χ4n) is 4.34. The zero-order valence-corrected chi connectivity index (χ0v) is 20.1. The monoisotopic (exact) mass is 476 g/mol. The van der Waals surface area contributed by atoms with Crippen molar-refractivity contribution in [1.82, 2.24) is 14.2 Å². The molecule has 2 aliphatic heterocycles. The van der Waals surface area contributed by atoms with Gasteiger partial charge < -0.3 is 9.80 Å². The molecule has 0 atom stereocenters. The number of amides is 1. The Morgan fingerprint density at radius 1 is 0.969 bits per heavy atom. The minimum Gasteiger partial charge on any atom is -0.357 e. The van der Waals surface area contributed by atoms with Crippen molar-refractivity contribution in [2.45, 2.75) is 31.6 Å². The number of carbonyl (C=O) groups excluding carboxylic acids is 1. The molecule has 0 unspecified atom stereocenters. The first-order valence-electron chi connectivity index (χ1n) is 11.0. The van der Waals surface area contributed by atoms with Crippen molar-refractivity contribution < 1.29 is 13.2 Å². The molecule has 3 heterocycles. The van der Waals surface area contributed by atoms with Gasteiger partial charge in [-0.15, -0.1) is 0 Å². The van der Waals surface area contributed by atoms with Gasteiger partial charge in [-0.3, -0.25) is 4.79 Å². The first kappa shape index (κ1) is 23.0. The van der Waals surface area contributed by atoms with E-state index in [1.807, 2.05) is 36.9 Å². The summed E-state index contributed by atoms with van der Waals surface area (Å²) in [6, 6.07) is 8.96. The average molecular weight is 477 g/mol. The van der Waals surface area contributed by atoms with Gasteiger partial charge in [0.25, 0.3) is 0 Å². The Labute approximate surface area is 195 Å². The summed E-state index contributed by atoms with van der Waals surface area (Å²) in [5, 5.41) is 0.609. The average Bonchev–Trinajstić information content (AvgIpc) is 2.81. The summed E-state index contributed by atoms with van der Waals surface area (Å²) < 4.78 is 27.5. The predicted octanol–water partition coefficient (Wildman–Crippen LogP) is 3.10. The van der Waals surface area contributed by atoms with Crippen LogP contribution in [-0.4, -0.2) is 67.8 Å². The highest BCUT2D eigenvalue weighted by Gasteiger charge is 2.34. The Balaban J connectivity index is 1.32. The van der Waals surface area contributed by atoms with E-state index >= 15 is 0 Å².